The Labute approximate surface area is 194 Å². The lowest BCUT2D eigenvalue weighted by Gasteiger charge is -2.31. The average Bonchev–Trinajstić information content (AvgIpc) is 2.74. The zero-order chi connectivity index (χ0) is 22.4. The second-order valence-electron chi connectivity index (χ2n) is 8.44. The van der Waals surface area contributed by atoms with Gasteiger partial charge in [-0.1, -0.05) is 78.4 Å². The lowest BCUT2D eigenvalue weighted by molar-refractivity contribution is -0.140. The van der Waals surface area contributed by atoms with Gasteiger partial charge in [-0.15, -0.1) is 0 Å². The monoisotopic (exact) mass is 460 g/mol. The number of amides is 2. The molecule has 6 heteroatoms. The largest absolute Gasteiger partial charge is 0.352 e. The van der Waals surface area contributed by atoms with Crippen LogP contribution in [0.15, 0.2) is 42.5 Å². The maximum Gasteiger partial charge on any atom is 0.242 e. The van der Waals surface area contributed by atoms with Gasteiger partial charge in [0.1, 0.15) is 6.04 Å². The van der Waals surface area contributed by atoms with E-state index in [4.69, 9.17) is 23.2 Å². The first-order valence-electron chi connectivity index (χ1n) is 10.9. The van der Waals surface area contributed by atoms with Crippen LogP contribution < -0.4 is 5.32 Å². The molecule has 2 aromatic rings. The first-order chi connectivity index (χ1) is 14.8. The molecule has 2 amide bonds. The molecular formula is C25H30Cl2N2O2. The molecule has 0 aromatic heterocycles. The minimum Gasteiger partial charge on any atom is -0.352 e. The zero-order valence-corrected chi connectivity index (χ0v) is 19.7. The molecular weight excluding hydrogens is 431 g/mol. The van der Waals surface area contributed by atoms with Gasteiger partial charge in [-0.25, -0.2) is 0 Å². The molecule has 1 aliphatic rings. The molecule has 0 bridgehead atoms. The first-order valence-corrected chi connectivity index (χ1v) is 11.7. The van der Waals surface area contributed by atoms with Crippen LogP contribution in [-0.4, -0.2) is 28.8 Å². The first kappa shape index (κ1) is 23.6. The average molecular weight is 461 g/mol. The molecule has 0 radical (unpaired) electrons. The summed E-state index contributed by atoms with van der Waals surface area (Å²) in [6.07, 6.45) is 5.63. The van der Waals surface area contributed by atoms with E-state index in [0.717, 1.165) is 36.8 Å². The van der Waals surface area contributed by atoms with Crippen LogP contribution in [0.3, 0.4) is 0 Å². The van der Waals surface area contributed by atoms with Gasteiger partial charge in [-0.3, -0.25) is 9.59 Å². The second kappa shape index (κ2) is 11.0. The minimum atomic E-state index is -0.582. The molecule has 1 saturated carbocycles. The number of carbonyl (C=O) groups excluding carboxylic acids is 2. The smallest absolute Gasteiger partial charge is 0.242 e. The predicted molar refractivity (Wildman–Crippen MR) is 126 cm³/mol. The zero-order valence-electron chi connectivity index (χ0n) is 18.2. The Kier molecular flexibility index (Phi) is 8.39. The minimum absolute atomic E-state index is 0.102. The van der Waals surface area contributed by atoms with E-state index in [1.165, 1.54) is 6.42 Å². The molecule has 166 valence electrons. The summed E-state index contributed by atoms with van der Waals surface area (Å²) in [6, 6.07) is 12.7. The Morgan fingerprint density at radius 1 is 1.10 bits per heavy atom. The number of hydrogen-bond acceptors (Lipinski definition) is 2. The summed E-state index contributed by atoms with van der Waals surface area (Å²) < 4.78 is 0. The molecule has 1 N–H and O–H groups in total. The molecule has 0 spiro atoms. The summed E-state index contributed by atoms with van der Waals surface area (Å²) in [7, 11) is 0. The van der Waals surface area contributed by atoms with Gasteiger partial charge in [-0.2, -0.15) is 0 Å². The molecule has 0 saturated heterocycles. The van der Waals surface area contributed by atoms with E-state index in [9.17, 15) is 9.59 Å². The normalized spacial score (nSPS) is 15.4. The van der Waals surface area contributed by atoms with E-state index in [0.29, 0.717) is 22.2 Å². The summed E-state index contributed by atoms with van der Waals surface area (Å²) in [4.78, 5) is 28.0. The van der Waals surface area contributed by atoms with Gasteiger partial charge in [0.15, 0.2) is 0 Å². The number of nitrogens with one attached hydrogen (secondary N) is 1. The van der Waals surface area contributed by atoms with Gasteiger partial charge < -0.3 is 10.2 Å². The van der Waals surface area contributed by atoms with Crippen LogP contribution in [0.5, 0.6) is 0 Å². The van der Waals surface area contributed by atoms with Crippen molar-refractivity contribution in [3.8, 4) is 0 Å². The van der Waals surface area contributed by atoms with E-state index in [-0.39, 0.29) is 24.3 Å². The highest BCUT2D eigenvalue weighted by Crippen LogP contribution is 2.23. The lowest BCUT2D eigenvalue weighted by Crippen LogP contribution is -2.50. The fourth-order valence-electron chi connectivity index (χ4n) is 4.09. The third kappa shape index (κ3) is 6.72. The number of aryl methyl sites for hydroxylation is 1. The fraction of sp³-hybridized carbons (Fsp3) is 0.440. The number of benzene rings is 2. The third-order valence-electron chi connectivity index (χ3n) is 5.91. The maximum absolute atomic E-state index is 13.3. The van der Waals surface area contributed by atoms with E-state index in [2.05, 4.69) is 5.32 Å². The number of halogens is 2. The summed E-state index contributed by atoms with van der Waals surface area (Å²) in [5.41, 5.74) is 2.81. The van der Waals surface area contributed by atoms with Crippen molar-refractivity contribution in [3.63, 3.8) is 0 Å². The van der Waals surface area contributed by atoms with Crippen molar-refractivity contribution in [3.05, 3.63) is 69.2 Å². The number of hydrogen-bond donors (Lipinski definition) is 1. The topological polar surface area (TPSA) is 49.4 Å². The molecule has 4 nitrogen and oxygen atoms in total. The van der Waals surface area contributed by atoms with Crippen LogP contribution in [0.4, 0.5) is 0 Å². The van der Waals surface area contributed by atoms with Crippen LogP contribution in [0.25, 0.3) is 0 Å². The van der Waals surface area contributed by atoms with Gasteiger partial charge in [0.05, 0.1) is 6.42 Å². The van der Waals surface area contributed by atoms with Gasteiger partial charge in [0.2, 0.25) is 11.8 Å². The third-order valence-corrected chi connectivity index (χ3v) is 6.50. The molecule has 0 aliphatic heterocycles. The summed E-state index contributed by atoms with van der Waals surface area (Å²) >= 11 is 12.3. The molecule has 2 aromatic carbocycles. The van der Waals surface area contributed by atoms with E-state index in [1.54, 1.807) is 30.0 Å². The molecule has 0 heterocycles. The number of nitrogens with zero attached hydrogens (tertiary/aromatic N) is 1. The van der Waals surface area contributed by atoms with Crippen molar-refractivity contribution in [2.45, 2.75) is 71.0 Å². The van der Waals surface area contributed by atoms with Crippen molar-refractivity contribution >= 4 is 35.0 Å². The van der Waals surface area contributed by atoms with Crippen LogP contribution in [0.2, 0.25) is 10.0 Å². The van der Waals surface area contributed by atoms with Crippen LogP contribution in [0, 0.1) is 6.92 Å². The van der Waals surface area contributed by atoms with Crippen molar-refractivity contribution < 1.29 is 9.59 Å². The summed E-state index contributed by atoms with van der Waals surface area (Å²) in [5, 5.41) is 4.14. The van der Waals surface area contributed by atoms with Crippen LogP contribution in [-0.2, 0) is 22.6 Å². The van der Waals surface area contributed by atoms with Crippen molar-refractivity contribution in [2.75, 3.05) is 0 Å². The fourth-order valence-corrected chi connectivity index (χ4v) is 4.56. The summed E-state index contributed by atoms with van der Waals surface area (Å²) in [6.45, 7) is 4.18. The highest BCUT2D eigenvalue weighted by molar-refractivity contribution is 6.35. The molecule has 1 atom stereocenters. The molecule has 3 rings (SSSR count). The lowest BCUT2D eigenvalue weighted by atomic mass is 9.95. The SMILES string of the molecule is Cc1cccc(CN(C(=O)Cc2ccc(Cl)cc2Cl)[C@H](C)C(=O)NC2CCCCC2)c1. The van der Waals surface area contributed by atoms with Crippen molar-refractivity contribution in [2.24, 2.45) is 0 Å². The Bertz CT molecular complexity index is 925. The van der Waals surface area contributed by atoms with E-state index < -0.39 is 6.04 Å². The van der Waals surface area contributed by atoms with E-state index in [1.807, 2.05) is 31.2 Å². The van der Waals surface area contributed by atoms with Crippen molar-refractivity contribution in [1.82, 2.24) is 10.2 Å². The molecule has 31 heavy (non-hydrogen) atoms. The number of rotatable bonds is 7. The quantitative estimate of drug-likeness (QED) is 0.574. The Hall–Kier alpha value is -2.04. The predicted octanol–water partition coefficient (Wildman–Crippen LogP) is 5.71. The highest BCUT2D eigenvalue weighted by Gasteiger charge is 2.28. The Morgan fingerprint density at radius 2 is 1.84 bits per heavy atom. The van der Waals surface area contributed by atoms with Crippen LogP contribution in [0.1, 0.15) is 55.7 Å². The Morgan fingerprint density at radius 3 is 2.52 bits per heavy atom. The standard InChI is InChI=1S/C25H30Cl2N2O2/c1-17-7-6-8-19(13-17)16-29(18(2)25(31)28-22-9-4-3-5-10-22)24(30)14-20-11-12-21(26)15-23(20)27/h6-8,11-13,15,18,22H,3-5,9-10,14,16H2,1-2H3,(H,28,31)/t18-/m1/s1. The van der Waals surface area contributed by atoms with Gasteiger partial charge in [0.25, 0.3) is 0 Å². The molecule has 0 unspecified atom stereocenters. The van der Waals surface area contributed by atoms with Crippen LogP contribution >= 0.6 is 23.2 Å². The van der Waals surface area contributed by atoms with E-state index >= 15 is 0 Å². The Balaban J connectivity index is 1.78. The second-order valence-corrected chi connectivity index (χ2v) is 9.29. The van der Waals surface area contributed by atoms with Crippen molar-refractivity contribution in [1.29, 1.82) is 0 Å². The maximum atomic E-state index is 13.3. The van der Waals surface area contributed by atoms with Gasteiger partial charge >= 0.3 is 0 Å². The van der Waals surface area contributed by atoms with Gasteiger partial charge in [0, 0.05) is 22.6 Å². The molecule has 1 fully saturated rings. The summed E-state index contributed by atoms with van der Waals surface area (Å²) in [5.74, 6) is -0.243. The number of carbonyl (C=O) groups is 2. The van der Waals surface area contributed by atoms with Gasteiger partial charge in [-0.05, 0) is 49.9 Å². The molecule has 1 aliphatic carbocycles. The highest BCUT2D eigenvalue weighted by atomic mass is 35.5.